The molecule has 0 spiro atoms. The second-order valence-corrected chi connectivity index (χ2v) is 3.70. The Balaban J connectivity index is 5.40. The fourth-order valence-electron chi connectivity index (χ4n) is 1.92. The van der Waals surface area contributed by atoms with Crippen molar-refractivity contribution in [2.24, 2.45) is 11.3 Å². The van der Waals surface area contributed by atoms with Crippen LogP contribution < -0.4 is 10.2 Å². The largest absolute Gasteiger partial charge is 0.550 e. The van der Waals surface area contributed by atoms with Gasteiger partial charge in [-0.15, -0.1) is 6.58 Å². The zero-order valence-corrected chi connectivity index (χ0v) is 9.43. The molecule has 0 fully saturated rings. The Morgan fingerprint density at radius 3 is 1.94 bits per heavy atom. The van der Waals surface area contributed by atoms with Gasteiger partial charge in [-0.25, -0.2) is 0 Å². The normalized spacial score (nSPS) is 15.2. The number of carboxylic acid groups (broad SMARTS) is 2. The van der Waals surface area contributed by atoms with Crippen molar-refractivity contribution >= 4 is 11.9 Å². The van der Waals surface area contributed by atoms with Gasteiger partial charge in [0, 0.05) is 11.9 Å². The number of aliphatic hydroxyl groups is 1. The molecule has 0 rings (SSSR count). The molecule has 0 amide bonds. The zero-order chi connectivity index (χ0) is 12.9. The lowest BCUT2D eigenvalue weighted by Crippen LogP contribution is -2.54. The Morgan fingerprint density at radius 2 is 1.75 bits per heavy atom. The minimum absolute atomic E-state index is 0.343. The molecular weight excluding hydrogens is 212 g/mol. The first-order chi connectivity index (χ1) is 7.36. The van der Waals surface area contributed by atoms with Crippen LogP contribution in [0.4, 0.5) is 0 Å². The molecule has 0 aromatic heterocycles. The summed E-state index contributed by atoms with van der Waals surface area (Å²) in [5.41, 5.74) is -1.00. The van der Waals surface area contributed by atoms with Crippen molar-refractivity contribution in [1.82, 2.24) is 0 Å². The van der Waals surface area contributed by atoms with Crippen molar-refractivity contribution < 1.29 is 24.9 Å². The average molecular weight is 228 g/mol. The number of aliphatic hydroxyl groups excluding tert-OH is 1. The number of hydrogen-bond acceptors (Lipinski definition) is 5. The van der Waals surface area contributed by atoms with Crippen LogP contribution in [0.3, 0.4) is 0 Å². The Morgan fingerprint density at radius 1 is 1.31 bits per heavy atom. The molecule has 16 heavy (non-hydrogen) atoms. The lowest BCUT2D eigenvalue weighted by Gasteiger charge is -2.40. The van der Waals surface area contributed by atoms with Crippen molar-refractivity contribution in [3.63, 3.8) is 0 Å². The minimum Gasteiger partial charge on any atom is -0.550 e. The maximum atomic E-state index is 11.0. The summed E-state index contributed by atoms with van der Waals surface area (Å²) in [6.45, 7) is 6.90. The summed E-state index contributed by atoms with van der Waals surface area (Å²) >= 11 is 0. The van der Waals surface area contributed by atoms with Gasteiger partial charge in [-0.05, 0) is 18.3 Å². The molecule has 92 valence electrons. The quantitative estimate of drug-likeness (QED) is 0.532. The van der Waals surface area contributed by atoms with Crippen molar-refractivity contribution in [2.75, 3.05) is 0 Å². The predicted octanol–water partition coefficient (Wildman–Crippen LogP) is -1.54. The molecule has 0 saturated carbocycles. The van der Waals surface area contributed by atoms with Crippen LogP contribution in [0.15, 0.2) is 12.7 Å². The van der Waals surface area contributed by atoms with Gasteiger partial charge in [-0.3, -0.25) is 0 Å². The van der Waals surface area contributed by atoms with Gasteiger partial charge >= 0.3 is 0 Å². The summed E-state index contributed by atoms with van der Waals surface area (Å²) in [4.78, 5) is 21.5. The summed E-state index contributed by atoms with van der Waals surface area (Å²) in [5, 5.41) is 30.9. The van der Waals surface area contributed by atoms with Crippen molar-refractivity contribution in [2.45, 2.75) is 32.8 Å². The highest BCUT2D eigenvalue weighted by Crippen LogP contribution is 2.38. The van der Waals surface area contributed by atoms with E-state index in [0.29, 0.717) is 12.8 Å². The molecule has 0 aliphatic rings. The smallest absolute Gasteiger partial charge is 0.102 e. The third-order valence-electron chi connectivity index (χ3n) is 3.15. The van der Waals surface area contributed by atoms with E-state index in [4.69, 9.17) is 0 Å². The van der Waals surface area contributed by atoms with E-state index in [1.165, 1.54) is 6.08 Å². The van der Waals surface area contributed by atoms with E-state index in [1.807, 2.05) is 0 Å². The van der Waals surface area contributed by atoms with Gasteiger partial charge in [0.05, 0.1) is 5.97 Å². The fraction of sp³-hybridized carbons (Fsp3) is 0.636. The highest BCUT2D eigenvalue weighted by Gasteiger charge is 2.39. The number of aliphatic carboxylic acids is 2. The van der Waals surface area contributed by atoms with Gasteiger partial charge in [-0.1, -0.05) is 19.9 Å². The van der Waals surface area contributed by atoms with E-state index in [2.05, 4.69) is 6.58 Å². The summed E-state index contributed by atoms with van der Waals surface area (Å²) in [5.74, 6) is -4.98. The standard InChI is InChI=1S/C11H18O5/c1-4-11(5-2,6-3)7(9(13)14)8(12)10(15)16/h4,7-8,12H,1,5-6H2,2-3H3,(H,13,14)(H,15,16)/p-2. The van der Waals surface area contributed by atoms with E-state index in [9.17, 15) is 24.9 Å². The zero-order valence-electron chi connectivity index (χ0n) is 9.43. The maximum absolute atomic E-state index is 11.0. The summed E-state index contributed by atoms with van der Waals surface area (Å²) < 4.78 is 0. The summed E-state index contributed by atoms with van der Waals surface area (Å²) in [7, 11) is 0. The van der Waals surface area contributed by atoms with Crippen LogP contribution in [-0.2, 0) is 9.59 Å². The highest BCUT2D eigenvalue weighted by molar-refractivity contribution is 5.80. The lowest BCUT2D eigenvalue weighted by atomic mass is 9.69. The molecule has 5 nitrogen and oxygen atoms in total. The highest BCUT2D eigenvalue weighted by atomic mass is 16.4. The van der Waals surface area contributed by atoms with E-state index >= 15 is 0 Å². The molecule has 2 atom stereocenters. The topological polar surface area (TPSA) is 100 Å². The van der Waals surface area contributed by atoms with Gasteiger partial charge in [0.1, 0.15) is 6.10 Å². The summed E-state index contributed by atoms with van der Waals surface area (Å²) in [6, 6.07) is 0. The van der Waals surface area contributed by atoms with Crippen LogP contribution in [0.25, 0.3) is 0 Å². The Hall–Kier alpha value is -1.36. The van der Waals surface area contributed by atoms with E-state index < -0.39 is 29.4 Å². The van der Waals surface area contributed by atoms with Gasteiger partial charge < -0.3 is 24.9 Å². The van der Waals surface area contributed by atoms with Gasteiger partial charge in [0.25, 0.3) is 0 Å². The van der Waals surface area contributed by atoms with Crippen LogP contribution in [0.1, 0.15) is 26.7 Å². The Labute approximate surface area is 94.4 Å². The molecule has 0 aromatic carbocycles. The lowest BCUT2D eigenvalue weighted by molar-refractivity contribution is -0.334. The van der Waals surface area contributed by atoms with Crippen LogP contribution >= 0.6 is 0 Å². The molecule has 2 unspecified atom stereocenters. The molecule has 5 heteroatoms. The number of rotatable bonds is 7. The first-order valence-corrected chi connectivity index (χ1v) is 5.09. The van der Waals surface area contributed by atoms with Crippen LogP contribution in [0.5, 0.6) is 0 Å². The van der Waals surface area contributed by atoms with Crippen molar-refractivity contribution in [3.8, 4) is 0 Å². The Kier molecular flexibility index (Phi) is 5.17. The summed E-state index contributed by atoms with van der Waals surface area (Å²) in [6.07, 6.45) is -0.0473. The number of carbonyl (C=O) groups is 2. The van der Waals surface area contributed by atoms with Crippen LogP contribution in [0.2, 0.25) is 0 Å². The van der Waals surface area contributed by atoms with Gasteiger partial charge in [0.15, 0.2) is 0 Å². The van der Waals surface area contributed by atoms with E-state index in [-0.39, 0.29) is 0 Å². The van der Waals surface area contributed by atoms with Crippen LogP contribution in [-0.4, -0.2) is 23.1 Å². The number of allylic oxidation sites excluding steroid dienone is 1. The van der Waals surface area contributed by atoms with Crippen molar-refractivity contribution in [3.05, 3.63) is 12.7 Å². The van der Waals surface area contributed by atoms with Crippen LogP contribution in [0, 0.1) is 11.3 Å². The van der Waals surface area contributed by atoms with E-state index in [1.54, 1.807) is 13.8 Å². The first kappa shape index (κ1) is 14.6. The molecule has 0 aliphatic heterocycles. The molecule has 1 N–H and O–H groups in total. The fourth-order valence-corrected chi connectivity index (χ4v) is 1.92. The molecule has 0 bridgehead atoms. The number of carbonyl (C=O) groups excluding carboxylic acids is 2. The number of carboxylic acids is 2. The second kappa shape index (κ2) is 5.65. The predicted molar refractivity (Wildman–Crippen MR) is 52.7 cm³/mol. The average Bonchev–Trinajstić information content (AvgIpc) is 2.24. The molecule has 0 radical (unpaired) electrons. The third-order valence-corrected chi connectivity index (χ3v) is 3.15. The molecule has 0 saturated heterocycles. The second-order valence-electron chi connectivity index (χ2n) is 3.70. The monoisotopic (exact) mass is 228 g/mol. The van der Waals surface area contributed by atoms with E-state index in [0.717, 1.165) is 0 Å². The molecule has 0 aliphatic carbocycles. The molecule has 0 heterocycles. The molecule has 0 aromatic rings. The van der Waals surface area contributed by atoms with Gasteiger partial charge in [0.2, 0.25) is 0 Å². The first-order valence-electron chi connectivity index (χ1n) is 5.09. The molecular formula is C11H16O5-2. The maximum Gasteiger partial charge on any atom is 0.102 e. The third kappa shape index (κ3) is 2.61. The number of hydrogen-bond donors (Lipinski definition) is 1. The Bertz CT molecular complexity index is 280. The van der Waals surface area contributed by atoms with Gasteiger partial charge in [-0.2, -0.15) is 0 Å². The minimum atomic E-state index is -2.09. The SMILES string of the molecule is C=CC(CC)(CC)C(C(=O)[O-])C(O)C(=O)[O-]. The van der Waals surface area contributed by atoms with Crippen molar-refractivity contribution in [1.29, 1.82) is 0 Å².